The Labute approximate surface area is 114 Å². The van der Waals surface area contributed by atoms with Gasteiger partial charge in [-0.05, 0) is 43.4 Å². The average Bonchev–Trinajstić information content (AvgIpc) is 2.46. The zero-order valence-corrected chi connectivity index (χ0v) is 11.4. The molecule has 1 N–H and O–H groups in total. The fourth-order valence-electron chi connectivity index (χ4n) is 2.59. The molecule has 1 aromatic heterocycles. The Kier molecular flexibility index (Phi) is 3.65. The van der Waals surface area contributed by atoms with Crippen LogP contribution in [0.1, 0.15) is 18.4 Å². The lowest BCUT2D eigenvalue weighted by Gasteiger charge is -2.22. The summed E-state index contributed by atoms with van der Waals surface area (Å²) in [6.07, 6.45) is 2.30. The van der Waals surface area contributed by atoms with Gasteiger partial charge in [-0.25, -0.2) is 4.98 Å². The first-order valence-corrected chi connectivity index (χ1v) is 7.01. The Morgan fingerprint density at radius 2 is 2.05 bits per heavy atom. The molecule has 0 atom stereocenters. The van der Waals surface area contributed by atoms with Gasteiger partial charge in [0.25, 0.3) is 0 Å². The molecule has 0 bridgehead atoms. The minimum absolute atomic E-state index is 0.710. The predicted octanol–water partition coefficient (Wildman–Crippen LogP) is 3.38. The molecule has 1 saturated heterocycles. The molecule has 0 amide bonds. The Morgan fingerprint density at radius 3 is 2.89 bits per heavy atom. The van der Waals surface area contributed by atoms with Crippen LogP contribution in [-0.4, -0.2) is 24.7 Å². The number of rotatable bonds is 3. The molecule has 3 nitrogen and oxygen atoms in total. The van der Waals surface area contributed by atoms with Gasteiger partial charge in [-0.15, -0.1) is 0 Å². The number of aromatic nitrogens is 1. The minimum atomic E-state index is 0.710. The second kappa shape index (κ2) is 5.57. The Hall–Kier alpha value is -1.61. The van der Waals surface area contributed by atoms with E-state index in [-0.39, 0.29) is 0 Å². The quantitative estimate of drug-likeness (QED) is 0.914. The van der Waals surface area contributed by atoms with Gasteiger partial charge >= 0.3 is 0 Å². The first-order valence-electron chi connectivity index (χ1n) is 7.01. The summed E-state index contributed by atoms with van der Waals surface area (Å²) in [5, 5.41) is 4.71. The van der Waals surface area contributed by atoms with Crippen LogP contribution in [0.4, 0.5) is 5.82 Å². The van der Waals surface area contributed by atoms with Gasteiger partial charge in [0, 0.05) is 25.1 Å². The van der Waals surface area contributed by atoms with E-state index < -0.39 is 0 Å². The third-order valence-electron chi connectivity index (χ3n) is 3.81. The van der Waals surface area contributed by atoms with Gasteiger partial charge in [0.15, 0.2) is 0 Å². The van der Waals surface area contributed by atoms with Gasteiger partial charge in [-0.1, -0.05) is 18.2 Å². The molecule has 1 aromatic carbocycles. The molecular formula is C16H20N2O. The number of nitrogens with one attached hydrogen (secondary N) is 1. The molecule has 1 aliphatic heterocycles. The van der Waals surface area contributed by atoms with Gasteiger partial charge in [0.1, 0.15) is 5.82 Å². The summed E-state index contributed by atoms with van der Waals surface area (Å²) in [4.78, 5) is 4.72. The van der Waals surface area contributed by atoms with Crippen LogP contribution in [0.2, 0.25) is 0 Å². The van der Waals surface area contributed by atoms with Crippen LogP contribution >= 0.6 is 0 Å². The molecule has 0 radical (unpaired) electrons. The van der Waals surface area contributed by atoms with E-state index >= 15 is 0 Å². The van der Waals surface area contributed by atoms with E-state index in [1.165, 1.54) is 10.9 Å². The lowest BCUT2D eigenvalue weighted by Crippen LogP contribution is -2.23. The zero-order valence-electron chi connectivity index (χ0n) is 11.4. The van der Waals surface area contributed by atoms with Crippen LogP contribution in [0.25, 0.3) is 10.9 Å². The van der Waals surface area contributed by atoms with Crippen molar-refractivity contribution in [3.63, 3.8) is 0 Å². The largest absolute Gasteiger partial charge is 0.381 e. The number of aryl methyl sites for hydroxylation is 1. The van der Waals surface area contributed by atoms with Crippen molar-refractivity contribution in [3.05, 3.63) is 35.9 Å². The van der Waals surface area contributed by atoms with Crippen molar-refractivity contribution in [3.8, 4) is 0 Å². The summed E-state index contributed by atoms with van der Waals surface area (Å²) < 4.78 is 5.39. The Bertz CT molecular complexity index is 562. The molecular weight excluding hydrogens is 236 g/mol. The van der Waals surface area contributed by atoms with Crippen LogP contribution in [0.3, 0.4) is 0 Å². The predicted molar refractivity (Wildman–Crippen MR) is 78.5 cm³/mol. The number of nitrogens with zero attached hydrogens (tertiary/aromatic N) is 1. The fourth-order valence-corrected chi connectivity index (χ4v) is 2.59. The molecule has 3 rings (SSSR count). The first kappa shape index (κ1) is 12.4. The summed E-state index contributed by atoms with van der Waals surface area (Å²) in [7, 11) is 0. The molecule has 0 spiro atoms. The molecule has 0 unspecified atom stereocenters. The number of fused-ring (bicyclic) bond motifs is 1. The highest BCUT2D eigenvalue weighted by Gasteiger charge is 2.14. The van der Waals surface area contributed by atoms with Crippen molar-refractivity contribution < 1.29 is 4.74 Å². The lowest BCUT2D eigenvalue weighted by molar-refractivity contribution is 0.0699. The highest BCUT2D eigenvalue weighted by atomic mass is 16.5. The Morgan fingerprint density at radius 1 is 1.26 bits per heavy atom. The number of para-hydroxylation sites is 1. The van der Waals surface area contributed by atoms with Crippen molar-refractivity contribution >= 4 is 16.7 Å². The topological polar surface area (TPSA) is 34.2 Å². The molecule has 1 aliphatic rings. The summed E-state index contributed by atoms with van der Waals surface area (Å²) >= 11 is 0. The third-order valence-corrected chi connectivity index (χ3v) is 3.81. The summed E-state index contributed by atoms with van der Waals surface area (Å²) in [5.41, 5.74) is 2.27. The molecule has 2 heterocycles. The van der Waals surface area contributed by atoms with E-state index in [1.54, 1.807) is 0 Å². The Balaban J connectivity index is 1.74. The van der Waals surface area contributed by atoms with Gasteiger partial charge in [0.2, 0.25) is 0 Å². The number of ether oxygens (including phenoxy) is 1. The van der Waals surface area contributed by atoms with Crippen LogP contribution in [0.5, 0.6) is 0 Å². The van der Waals surface area contributed by atoms with Crippen molar-refractivity contribution in [1.29, 1.82) is 0 Å². The van der Waals surface area contributed by atoms with E-state index in [0.29, 0.717) is 5.92 Å². The molecule has 1 fully saturated rings. The average molecular weight is 256 g/mol. The second-order valence-corrected chi connectivity index (χ2v) is 5.28. The SMILES string of the molecule is Cc1cc2ccccc2nc1NCC1CCOCC1. The maximum Gasteiger partial charge on any atom is 0.129 e. The third kappa shape index (κ3) is 2.87. The van der Waals surface area contributed by atoms with E-state index in [0.717, 1.165) is 43.9 Å². The molecule has 2 aromatic rings. The molecule has 0 saturated carbocycles. The molecule has 3 heteroatoms. The number of anilines is 1. The number of benzene rings is 1. The van der Waals surface area contributed by atoms with Gasteiger partial charge in [-0.2, -0.15) is 0 Å². The second-order valence-electron chi connectivity index (χ2n) is 5.28. The molecule has 0 aliphatic carbocycles. The van der Waals surface area contributed by atoms with Crippen LogP contribution in [0.15, 0.2) is 30.3 Å². The zero-order chi connectivity index (χ0) is 13.1. The number of hydrogen-bond donors (Lipinski definition) is 1. The molecule has 19 heavy (non-hydrogen) atoms. The van der Waals surface area contributed by atoms with E-state index in [1.807, 2.05) is 6.07 Å². The van der Waals surface area contributed by atoms with E-state index in [9.17, 15) is 0 Å². The van der Waals surface area contributed by atoms with Crippen molar-refractivity contribution in [1.82, 2.24) is 4.98 Å². The fraction of sp³-hybridized carbons (Fsp3) is 0.438. The normalized spacial score (nSPS) is 16.7. The number of pyridine rings is 1. The van der Waals surface area contributed by atoms with Crippen molar-refractivity contribution in [2.75, 3.05) is 25.1 Å². The first-order chi connectivity index (χ1) is 9.33. The standard InChI is InChI=1S/C16H20N2O/c1-12-10-14-4-2-3-5-15(14)18-16(12)17-11-13-6-8-19-9-7-13/h2-5,10,13H,6-9,11H2,1H3,(H,17,18). The van der Waals surface area contributed by atoms with Crippen molar-refractivity contribution in [2.24, 2.45) is 5.92 Å². The maximum absolute atomic E-state index is 5.39. The monoisotopic (exact) mass is 256 g/mol. The minimum Gasteiger partial charge on any atom is -0.381 e. The van der Waals surface area contributed by atoms with Gasteiger partial charge in [-0.3, -0.25) is 0 Å². The van der Waals surface area contributed by atoms with E-state index in [2.05, 4.69) is 36.5 Å². The lowest BCUT2D eigenvalue weighted by atomic mass is 10.0. The highest BCUT2D eigenvalue weighted by Crippen LogP contribution is 2.21. The van der Waals surface area contributed by atoms with Gasteiger partial charge in [0.05, 0.1) is 5.52 Å². The summed E-state index contributed by atoms with van der Waals surface area (Å²) in [6.45, 7) is 4.91. The van der Waals surface area contributed by atoms with Gasteiger partial charge < -0.3 is 10.1 Å². The van der Waals surface area contributed by atoms with Crippen LogP contribution in [-0.2, 0) is 4.74 Å². The van der Waals surface area contributed by atoms with Crippen LogP contribution in [0, 0.1) is 12.8 Å². The molecule has 100 valence electrons. The summed E-state index contributed by atoms with van der Waals surface area (Å²) in [5.74, 6) is 1.73. The maximum atomic E-state index is 5.39. The summed E-state index contributed by atoms with van der Waals surface area (Å²) in [6, 6.07) is 10.5. The van der Waals surface area contributed by atoms with E-state index in [4.69, 9.17) is 9.72 Å². The number of hydrogen-bond acceptors (Lipinski definition) is 3. The highest BCUT2D eigenvalue weighted by molar-refractivity contribution is 5.81. The van der Waals surface area contributed by atoms with Crippen molar-refractivity contribution in [2.45, 2.75) is 19.8 Å². The smallest absolute Gasteiger partial charge is 0.129 e. The van der Waals surface area contributed by atoms with Crippen LogP contribution < -0.4 is 5.32 Å².